The van der Waals surface area contributed by atoms with Gasteiger partial charge in [0.25, 0.3) is 5.91 Å². The van der Waals surface area contributed by atoms with Crippen LogP contribution in [0.4, 0.5) is 0 Å². The molecule has 0 saturated heterocycles. The molecule has 3 N–H and O–H groups in total. The number of rotatable bonds is 6. The second-order valence-corrected chi connectivity index (χ2v) is 5.22. The minimum absolute atomic E-state index is 0.0852. The Labute approximate surface area is 138 Å². The van der Waals surface area contributed by atoms with E-state index >= 15 is 0 Å². The van der Waals surface area contributed by atoms with Gasteiger partial charge in [-0.05, 0) is 29.8 Å². The van der Waals surface area contributed by atoms with Gasteiger partial charge in [-0.3, -0.25) is 14.6 Å². The Bertz CT molecular complexity index is 692. The molecule has 1 aromatic heterocycles. The molecule has 1 aromatic carbocycles. The van der Waals surface area contributed by atoms with Crippen molar-refractivity contribution in [3.05, 3.63) is 58.9 Å². The van der Waals surface area contributed by atoms with Crippen LogP contribution in [0.3, 0.4) is 0 Å². The van der Waals surface area contributed by atoms with Gasteiger partial charge in [-0.25, -0.2) is 0 Å². The first-order valence-corrected chi connectivity index (χ1v) is 7.36. The summed E-state index contributed by atoms with van der Waals surface area (Å²) in [5.41, 5.74) is 1.23. The molecule has 0 bridgehead atoms. The minimum Gasteiger partial charge on any atom is -0.506 e. The van der Waals surface area contributed by atoms with Crippen molar-refractivity contribution in [3.8, 4) is 5.75 Å². The Morgan fingerprint density at radius 3 is 2.74 bits per heavy atom. The summed E-state index contributed by atoms with van der Waals surface area (Å²) >= 11 is 5.74. The van der Waals surface area contributed by atoms with Crippen LogP contribution in [-0.4, -0.2) is 28.4 Å². The Balaban J connectivity index is 1.72. The SMILES string of the molecule is O=C(CCNC(=O)c1ccc(O)c(Cl)c1)NCc1cccnc1. The molecule has 7 heteroatoms. The first-order chi connectivity index (χ1) is 11.1. The van der Waals surface area contributed by atoms with Gasteiger partial charge in [-0.15, -0.1) is 0 Å². The highest BCUT2D eigenvalue weighted by molar-refractivity contribution is 6.32. The number of phenolic OH excluding ortho intramolecular Hbond substituents is 1. The summed E-state index contributed by atoms with van der Waals surface area (Å²) in [6.45, 7) is 0.602. The highest BCUT2D eigenvalue weighted by Crippen LogP contribution is 2.23. The lowest BCUT2D eigenvalue weighted by atomic mass is 10.2. The highest BCUT2D eigenvalue weighted by atomic mass is 35.5. The smallest absolute Gasteiger partial charge is 0.251 e. The number of halogens is 1. The molecule has 0 fully saturated rings. The molecule has 0 unspecified atom stereocenters. The number of carbonyl (C=O) groups excluding carboxylic acids is 2. The van der Waals surface area contributed by atoms with E-state index in [9.17, 15) is 14.7 Å². The van der Waals surface area contributed by atoms with Gasteiger partial charge in [0, 0.05) is 37.5 Å². The van der Waals surface area contributed by atoms with Gasteiger partial charge in [-0.2, -0.15) is 0 Å². The third-order valence-electron chi connectivity index (χ3n) is 3.06. The molecule has 120 valence electrons. The number of aromatic nitrogens is 1. The normalized spacial score (nSPS) is 10.1. The summed E-state index contributed by atoms with van der Waals surface area (Å²) in [5.74, 6) is -0.608. The predicted molar refractivity (Wildman–Crippen MR) is 86.2 cm³/mol. The molecule has 2 amide bonds. The molecule has 0 aliphatic rings. The van der Waals surface area contributed by atoms with Gasteiger partial charge < -0.3 is 15.7 Å². The number of benzene rings is 1. The molecule has 2 aromatic rings. The number of pyridine rings is 1. The van der Waals surface area contributed by atoms with Crippen molar-refractivity contribution >= 4 is 23.4 Å². The predicted octanol–water partition coefficient (Wildman–Crippen LogP) is 1.88. The van der Waals surface area contributed by atoms with Crippen molar-refractivity contribution in [1.82, 2.24) is 15.6 Å². The molecule has 0 saturated carbocycles. The minimum atomic E-state index is -0.355. The summed E-state index contributed by atoms with van der Waals surface area (Å²) < 4.78 is 0. The quantitative estimate of drug-likeness (QED) is 0.752. The van der Waals surface area contributed by atoms with Crippen molar-refractivity contribution in [2.45, 2.75) is 13.0 Å². The van der Waals surface area contributed by atoms with Crippen LogP contribution in [-0.2, 0) is 11.3 Å². The highest BCUT2D eigenvalue weighted by Gasteiger charge is 2.09. The zero-order chi connectivity index (χ0) is 16.7. The van der Waals surface area contributed by atoms with E-state index in [1.54, 1.807) is 18.5 Å². The third-order valence-corrected chi connectivity index (χ3v) is 3.36. The molecule has 6 nitrogen and oxygen atoms in total. The lowest BCUT2D eigenvalue weighted by Gasteiger charge is -2.07. The summed E-state index contributed by atoms with van der Waals surface area (Å²) in [5, 5.41) is 14.8. The van der Waals surface area contributed by atoms with Gasteiger partial charge in [-0.1, -0.05) is 17.7 Å². The number of hydrogen-bond donors (Lipinski definition) is 3. The van der Waals surface area contributed by atoms with Crippen molar-refractivity contribution in [1.29, 1.82) is 0 Å². The van der Waals surface area contributed by atoms with E-state index in [0.717, 1.165) is 5.56 Å². The van der Waals surface area contributed by atoms with Crippen LogP contribution in [0.1, 0.15) is 22.3 Å². The van der Waals surface area contributed by atoms with E-state index in [-0.39, 0.29) is 35.6 Å². The molecule has 0 spiro atoms. The Morgan fingerprint density at radius 1 is 1.22 bits per heavy atom. The summed E-state index contributed by atoms with van der Waals surface area (Å²) in [6, 6.07) is 7.83. The molecule has 0 radical (unpaired) electrons. The second kappa shape index (κ2) is 8.14. The average molecular weight is 334 g/mol. The molecule has 2 rings (SSSR count). The van der Waals surface area contributed by atoms with E-state index in [0.29, 0.717) is 12.1 Å². The largest absolute Gasteiger partial charge is 0.506 e. The second-order valence-electron chi connectivity index (χ2n) is 4.81. The number of nitrogens with one attached hydrogen (secondary N) is 2. The fourth-order valence-corrected chi connectivity index (χ4v) is 2.01. The average Bonchev–Trinajstić information content (AvgIpc) is 2.56. The number of nitrogens with zero attached hydrogens (tertiary/aromatic N) is 1. The van der Waals surface area contributed by atoms with Crippen LogP contribution in [0.5, 0.6) is 5.75 Å². The zero-order valence-corrected chi connectivity index (χ0v) is 13.0. The summed E-state index contributed by atoms with van der Waals surface area (Å²) in [7, 11) is 0. The fraction of sp³-hybridized carbons (Fsp3) is 0.188. The number of aromatic hydroxyl groups is 1. The Kier molecular flexibility index (Phi) is 5.94. The fourth-order valence-electron chi connectivity index (χ4n) is 1.83. The maximum absolute atomic E-state index is 11.9. The van der Waals surface area contributed by atoms with E-state index in [2.05, 4.69) is 15.6 Å². The summed E-state index contributed by atoms with van der Waals surface area (Å²) in [4.78, 5) is 27.5. The lowest BCUT2D eigenvalue weighted by Crippen LogP contribution is -2.30. The van der Waals surface area contributed by atoms with Crippen LogP contribution in [0.2, 0.25) is 5.02 Å². The van der Waals surface area contributed by atoms with E-state index < -0.39 is 0 Å². The molecule has 23 heavy (non-hydrogen) atoms. The van der Waals surface area contributed by atoms with E-state index in [4.69, 9.17) is 11.6 Å². The number of phenols is 1. The topological polar surface area (TPSA) is 91.3 Å². The van der Waals surface area contributed by atoms with Crippen molar-refractivity contribution in [2.75, 3.05) is 6.54 Å². The number of hydrogen-bond acceptors (Lipinski definition) is 4. The van der Waals surface area contributed by atoms with Crippen molar-refractivity contribution in [2.24, 2.45) is 0 Å². The van der Waals surface area contributed by atoms with E-state index in [1.807, 2.05) is 6.07 Å². The molecule has 1 heterocycles. The van der Waals surface area contributed by atoms with Gasteiger partial charge in [0.05, 0.1) is 5.02 Å². The maximum atomic E-state index is 11.9. The van der Waals surface area contributed by atoms with Crippen molar-refractivity contribution < 1.29 is 14.7 Å². The van der Waals surface area contributed by atoms with Gasteiger partial charge in [0.2, 0.25) is 5.91 Å². The number of amides is 2. The third kappa shape index (κ3) is 5.27. The zero-order valence-electron chi connectivity index (χ0n) is 12.3. The monoisotopic (exact) mass is 333 g/mol. The maximum Gasteiger partial charge on any atom is 0.251 e. The Hall–Kier alpha value is -2.60. The molecule has 0 aliphatic heterocycles. The first kappa shape index (κ1) is 16.8. The summed E-state index contributed by atoms with van der Waals surface area (Å²) in [6.07, 6.45) is 3.50. The Morgan fingerprint density at radius 2 is 2.04 bits per heavy atom. The first-order valence-electron chi connectivity index (χ1n) is 6.98. The van der Waals surface area contributed by atoms with Gasteiger partial charge >= 0.3 is 0 Å². The van der Waals surface area contributed by atoms with Crippen LogP contribution in [0, 0.1) is 0 Å². The van der Waals surface area contributed by atoms with Crippen LogP contribution >= 0.6 is 11.6 Å². The standard InChI is InChI=1S/C16H16ClN3O3/c17-13-8-12(3-4-14(13)21)16(23)19-7-5-15(22)20-10-11-2-1-6-18-9-11/h1-4,6,8-9,21H,5,7,10H2,(H,19,23)(H,20,22). The van der Waals surface area contributed by atoms with Gasteiger partial charge in [0.1, 0.15) is 5.75 Å². The lowest BCUT2D eigenvalue weighted by molar-refractivity contribution is -0.121. The molecule has 0 aliphatic carbocycles. The van der Waals surface area contributed by atoms with Crippen molar-refractivity contribution in [3.63, 3.8) is 0 Å². The van der Waals surface area contributed by atoms with Crippen LogP contribution < -0.4 is 10.6 Å². The number of carbonyl (C=O) groups is 2. The molecular weight excluding hydrogens is 318 g/mol. The van der Waals surface area contributed by atoms with Crippen LogP contribution in [0.15, 0.2) is 42.7 Å². The van der Waals surface area contributed by atoms with E-state index in [1.165, 1.54) is 18.2 Å². The van der Waals surface area contributed by atoms with Gasteiger partial charge in [0.15, 0.2) is 0 Å². The molecular formula is C16H16ClN3O3. The molecule has 0 atom stereocenters. The van der Waals surface area contributed by atoms with Crippen LogP contribution in [0.25, 0.3) is 0 Å².